The molecule has 0 aliphatic carbocycles. The van der Waals surface area contributed by atoms with Crippen molar-refractivity contribution in [1.82, 2.24) is 10.2 Å². The molecule has 0 radical (unpaired) electrons. The zero-order valence-electron chi connectivity index (χ0n) is 11.1. The number of likely N-dealkylation sites (N-methyl/N-ethyl adjacent to an activating group) is 2. The van der Waals surface area contributed by atoms with E-state index in [-0.39, 0.29) is 11.6 Å². The van der Waals surface area contributed by atoms with Gasteiger partial charge in [-0.2, -0.15) is 0 Å². The van der Waals surface area contributed by atoms with E-state index in [0.29, 0.717) is 5.56 Å². The average Bonchev–Trinajstić information content (AvgIpc) is 2.37. The van der Waals surface area contributed by atoms with E-state index in [2.05, 4.69) is 15.5 Å². The smallest absolute Gasteiger partial charge is 0.269 e. The van der Waals surface area contributed by atoms with Crippen LogP contribution in [0.15, 0.2) is 24.3 Å². The van der Waals surface area contributed by atoms with Crippen LogP contribution in [0, 0.1) is 5.41 Å². The highest BCUT2D eigenvalue weighted by molar-refractivity contribution is 6.45. The Hall–Kier alpha value is -1.88. The van der Waals surface area contributed by atoms with Crippen molar-refractivity contribution in [2.24, 2.45) is 0 Å². The molecule has 0 atom stereocenters. The summed E-state index contributed by atoms with van der Waals surface area (Å²) >= 11 is 0. The molecule has 1 amide bonds. The van der Waals surface area contributed by atoms with Crippen LogP contribution in [0.25, 0.3) is 0 Å². The zero-order valence-corrected chi connectivity index (χ0v) is 11.1. The monoisotopic (exact) mass is 248 g/mol. The van der Waals surface area contributed by atoms with Crippen molar-refractivity contribution in [2.75, 3.05) is 39.5 Å². The molecule has 1 aromatic carbocycles. The standard InChI is InChI=1S/C13H20N4O/c1-15-13(18)12(14)10-6-4-5-7-11(10)16-8-9-17(2)3/h4-7,14,16H,8-9H2,1-3H3,(H,15,18). The lowest BCUT2D eigenvalue weighted by molar-refractivity contribution is -0.114. The normalized spacial score (nSPS) is 10.2. The van der Waals surface area contributed by atoms with E-state index in [1.54, 1.807) is 6.07 Å². The van der Waals surface area contributed by atoms with Crippen LogP contribution in [0.4, 0.5) is 5.69 Å². The number of amides is 1. The first-order chi connectivity index (χ1) is 8.56. The van der Waals surface area contributed by atoms with Crippen LogP contribution >= 0.6 is 0 Å². The van der Waals surface area contributed by atoms with Gasteiger partial charge in [0, 0.05) is 31.4 Å². The molecule has 0 saturated heterocycles. The molecule has 1 rings (SSSR count). The summed E-state index contributed by atoms with van der Waals surface area (Å²) in [4.78, 5) is 13.5. The molecule has 0 bridgehead atoms. The molecule has 0 aliphatic rings. The highest BCUT2D eigenvalue weighted by Crippen LogP contribution is 2.15. The lowest BCUT2D eigenvalue weighted by Gasteiger charge is -2.14. The minimum absolute atomic E-state index is 0.0227. The molecule has 0 spiro atoms. The number of carbonyl (C=O) groups excluding carboxylic acids is 1. The molecule has 0 fully saturated rings. The predicted molar refractivity (Wildman–Crippen MR) is 74.4 cm³/mol. The van der Waals surface area contributed by atoms with E-state index in [4.69, 9.17) is 5.41 Å². The lowest BCUT2D eigenvalue weighted by Crippen LogP contribution is -2.28. The van der Waals surface area contributed by atoms with Crippen molar-refractivity contribution < 1.29 is 4.79 Å². The fourth-order valence-electron chi connectivity index (χ4n) is 1.52. The van der Waals surface area contributed by atoms with Crippen molar-refractivity contribution >= 4 is 17.3 Å². The van der Waals surface area contributed by atoms with Crippen molar-refractivity contribution in [3.8, 4) is 0 Å². The van der Waals surface area contributed by atoms with Crippen LogP contribution in [-0.2, 0) is 4.79 Å². The first-order valence-electron chi connectivity index (χ1n) is 5.85. The van der Waals surface area contributed by atoms with Crippen LogP contribution in [0.2, 0.25) is 0 Å². The minimum Gasteiger partial charge on any atom is -0.383 e. The van der Waals surface area contributed by atoms with Gasteiger partial charge in [-0.3, -0.25) is 10.2 Å². The maximum absolute atomic E-state index is 11.5. The van der Waals surface area contributed by atoms with Crippen LogP contribution in [-0.4, -0.2) is 50.8 Å². The molecule has 3 N–H and O–H groups in total. The Morgan fingerprint density at radius 1 is 1.33 bits per heavy atom. The van der Waals surface area contributed by atoms with Crippen molar-refractivity contribution in [3.05, 3.63) is 29.8 Å². The molecule has 0 aliphatic heterocycles. The summed E-state index contributed by atoms with van der Waals surface area (Å²) in [6.07, 6.45) is 0. The summed E-state index contributed by atoms with van der Waals surface area (Å²) in [6.45, 7) is 1.66. The summed E-state index contributed by atoms with van der Waals surface area (Å²) in [5, 5.41) is 13.5. The Morgan fingerprint density at radius 3 is 2.61 bits per heavy atom. The van der Waals surface area contributed by atoms with Gasteiger partial charge in [0.1, 0.15) is 5.71 Å². The van der Waals surface area contributed by atoms with Crippen LogP contribution < -0.4 is 10.6 Å². The van der Waals surface area contributed by atoms with Crippen molar-refractivity contribution in [2.45, 2.75) is 0 Å². The largest absolute Gasteiger partial charge is 0.383 e. The average molecular weight is 248 g/mol. The van der Waals surface area contributed by atoms with Gasteiger partial charge >= 0.3 is 0 Å². The van der Waals surface area contributed by atoms with E-state index in [1.807, 2.05) is 32.3 Å². The second-order valence-electron chi connectivity index (χ2n) is 4.23. The number of nitrogens with one attached hydrogen (secondary N) is 3. The molecule has 18 heavy (non-hydrogen) atoms. The molecular weight excluding hydrogens is 228 g/mol. The molecule has 0 heterocycles. The minimum atomic E-state index is -0.378. The van der Waals surface area contributed by atoms with Crippen molar-refractivity contribution in [1.29, 1.82) is 5.41 Å². The van der Waals surface area contributed by atoms with Crippen molar-refractivity contribution in [3.63, 3.8) is 0 Å². The van der Waals surface area contributed by atoms with Crippen LogP contribution in [0.1, 0.15) is 5.56 Å². The number of para-hydroxylation sites is 1. The predicted octanol–water partition coefficient (Wildman–Crippen LogP) is 0.774. The number of anilines is 1. The van der Waals surface area contributed by atoms with Gasteiger partial charge in [-0.15, -0.1) is 0 Å². The van der Waals surface area contributed by atoms with Gasteiger partial charge in [-0.25, -0.2) is 0 Å². The maximum Gasteiger partial charge on any atom is 0.269 e. The Kier molecular flexibility index (Phi) is 5.32. The zero-order chi connectivity index (χ0) is 13.5. The number of benzene rings is 1. The quantitative estimate of drug-likeness (QED) is 0.651. The molecule has 0 saturated carbocycles. The molecule has 0 unspecified atom stereocenters. The van der Waals surface area contributed by atoms with Gasteiger partial charge < -0.3 is 15.5 Å². The van der Waals surface area contributed by atoms with Gasteiger partial charge in [-0.1, -0.05) is 18.2 Å². The number of carbonyl (C=O) groups is 1. The Balaban J connectivity index is 2.79. The summed E-state index contributed by atoms with van der Waals surface area (Å²) in [5.74, 6) is -0.378. The SMILES string of the molecule is CNC(=O)C(=N)c1ccccc1NCCN(C)C. The third-order valence-corrected chi connectivity index (χ3v) is 2.52. The van der Waals surface area contributed by atoms with E-state index in [1.165, 1.54) is 7.05 Å². The summed E-state index contributed by atoms with van der Waals surface area (Å²) in [6, 6.07) is 7.36. The van der Waals surface area contributed by atoms with Gasteiger partial charge in [0.25, 0.3) is 5.91 Å². The first kappa shape index (κ1) is 14.2. The van der Waals surface area contributed by atoms with Crippen LogP contribution in [0.3, 0.4) is 0 Å². The van der Waals surface area contributed by atoms with Crippen LogP contribution in [0.5, 0.6) is 0 Å². The van der Waals surface area contributed by atoms with E-state index >= 15 is 0 Å². The lowest BCUT2D eigenvalue weighted by atomic mass is 10.1. The highest BCUT2D eigenvalue weighted by Gasteiger charge is 2.13. The Bertz CT molecular complexity index is 429. The molecule has 5 nitrogen and oxygen atoms in total. The molecular formula is C13H20N4O. The molecule has 0 aromatic heterocycles. The topological polar surface area (TPSA) is 68.2 Å². The number of hydrogen-bond donors (Lipinski definition) is 3. The Labute approximate surface area is 108 Å². The molecule has 1 aromatic rings. The Morgan fingerprint density at radius 2 is 2.00 bits per heavy atom. The fourth-order valence-corrected chi connectivity index (χ4v) is 1.52. The molecule has 98 valence electrons. The van der Waals surface area contributed by atoms with E-state index in [9.17, 15) is 4.79 Å². The maximum atomic E-state index is 11.5. The fraction of sp³-hybridized carbons (Fsp3) is 0.385. The van der Waals surface area contributed by atoms with Gasteiger partial charge in [0.2, 0.25) is 0 Å². The summed E-state index contributed by atoms with van der Waals surface area (Å²) in [5.41, 5.74) is 1.41. The second kappa shape index (κ2) is 6.76. The van der Waals surface area contributed by atoms with Gasteiger partial charge in [0.15, 0.2) is 0 Å². The highest BCUT2D eigenvalue weighted by atomic mass is 16.1. The third kappa shape index (κ3) is 3.85. The van der Waals surface area contributed by atoms with Gasteiger partial charge in [0.05, 0.1) is 0 Å². The summed E-state index contributed by atoms with van der Waals surface area (Å²) < 4.78 is 0. The first-order valence-corrected chi connectivity index (χ1v) is 5.85. The second-order valence-corrected chi connectivity index (χ2v) is 4.23. The van der Waals surface area contributed by atoms with E-state index in [0.717, 1.165) is 18.8 Å². The van der Waals surface area contributed by atoms with Gasteiger partial charge in [-0.05, 0) is 20.2 Å². The third-order valence-electron chi connectivity index (χ3n) is 2.52. The molecule has 5 heteroatoms. The number of nitrogens with zero attached hydrogens (tertiary/aromatic N) is 1. The number of hydrogen-bond acceptors (Lipinski definition) is 4. The van der Waals surface area contributed by atoms with E-state index < -0.39 is 0 Å². The number of rotatable bonds is 6. The summed E-state index contributed by atoms with van der Waals surface area (Å²) in [7, 11) is 5.53.